The van der Waals surface area contributed by atoms with Crippen LogP contribution in [0.15, 0.2) is 53.4 Å². The van der Waals surface area contributed by atoms with Gasteiger partial charge >= 0.3 is 0 Å². The van der Waals surface area contributed by atoms with Crippen LogP contribution in [0.2, 0.25) is 5.02 Å². The maximum Gasteiger partial charge on any atom is 0.252 e. The number of fused-ring (bicyclic) bond motifs is 1. The average Bonchev–Trinajstić information content (AvgIpc) is 3.10. The van der Waals surface area contributed by atoms with E-state index in [2.05, 4.69) is 4.98 Å². The fraction of sp³-hybridized carbons (Fsp3) is 0.238. The summed E-state index contributed by atoms with van der Waals surface area (Å²) in [6, 6.07) is 12.3. The van der Waals surface area contributed by atoms with Crippen molar-refractivity contribution in [2.75, 3.05) is 38.3 Å². The van der Waals surface area contributed by atoms with E-state index in [1.54, 1.807) is 29.2 Å². The molecule has 0 unspecified atom stereocenters. The third-order valence-corrected chi connectivity index (χ3v) is 6.86. The first-order chi connectivity index (χ1) is 14.2. The van der Waals surface area contributed by atoms with Gasteiger partial charge in [-0.3, -0.25) is 9.69 Å². The molecule has 0 bridgehead atoms. The molecule has 3 rings (SSSR count). The molecule has 0 spiro atoms. The number of amides is 1. The number of nitrogens with zero attached hydrogens (tertiary/aromatic N) is 3. The number of aromatic nitrogens is 1. The smallest absolute Gasteiger partial charge is 0.252 e. The second-order valence-electron chi connectivity index (χ2n) is 7.02. The summed E-state index contributed by atoms with van der Waals surface area (Å²) in [4.78, 5) is 21.2. The van der Waals surface area contributed by atoms with Crippen LogP contribution in [-0.4, -0.2) is 57.6 Å². The molecule has 2 aromatic carbocycles. The van der Waals surface area contributed by atoms with Crippen LogP contribution in [-0.2, 0) is 14.6 Å². The number of rotatable bonds is 7. The molecule has 1 heterocycles. The molecule has 0 N–H and O–H groups in total. The van der Waals surface area contributed by atoms with Gasteiger partial charge in [-0.2, -0.15) is 0 Å². The zero-order valence-corrected chi connectivity index (χ0v) is 19.3. The van der Waals surface area contributed by atoms with Crippen molar-refractivity contribution in [3.05, 3.63) is 59.1 Å². The number of sulfone groups is 1. The Balaban J connectivity index is 1.99. The van der Waals surface area contributed by atoms with Gasteiger partial charge < -0.3 is 4.90 Å². The molecule has 0 atom stereocenters. The molecule has 9 heteroatoms. The second kappa shape index (κ2) is 9.26. The van der Waals surface area contributed by atoms with E-state index >= 15 is 0 Å². The largest absolute Gasteiger partial charge is 0.308 e. The van der Waals surface area contributed by atoms with Crippen molar-refractivity contribution in [3.8, 4) is 0 Å². The standard InChI is InChI=1S/C21H22ClN3O3S2/c1-24(2)13-14-25(19(26)12-11-15-7-4-5-8-16(15)22)21-23-20-17(29-21)9-6-10-18(20)30(3,27)28/h4-12H,13-14H2,1-3H3. The molecule has 3 aromatic rings. The van der Waals surface area contributed by atoms with Gasteiger partial charge in [-0.1, -0.05) is 47.2 Å². The van der Waals surface area contributed by atoms with Gasteiger partial charge in [-0.15, -0.1) is 0 Å². The van der Waals surface area contributed by atoms with Crippen molar-refractivity contribution in [1.29, 1.82) is 0 Å². The third-order valence-electron chi connectivity index (χ3n) is 4.35. The predicted octanol–water partition coefficient (Wildman–Crippen LogP) is 3.96. The van der Waals surface area contributed by atoms with E-state index in [0.29, 0.717) is 33.5 Å². The van der Waals surface area contributed by atoms with Crippen LogP contribution in [0.25, 0.3) is 16.3 Å². The quantitative estimate of drug-likeness (QED) is 0.496. The van der Waals surface area contributed by atoms with E-state index in [1.165, 1.54) is 23.5 Å². The number of thiazole rings is 1. The van der Waals surface area contributed by atoms with Crippen LogP contribution in [0.3, 0.4) is 0 Å². The maximum atomic E-state index is 13.0. The van der Waals surface area contributed by atoms with Crippen LogP contribution in [0.5, 0.6) is 0 Å². The zero-order chi connectivity index (χ0) is 21.9. The molecule has 0 saturated heterocycles. The fourth-order valence-electron chi connectivity index (χ4n) is 2.79. The Labute approximate surface area is 185 Å². The summed E-state index contributed by atoms with van der Waals surface area (Å²) in [5.41, 5.74) is 1.13. The number of hydrogen-bond donors (Lipinski definition) is 0. The Hall–Kier alpha value is -2.26. The van der Waals surface area contributed by atoms with Crippen molar-refractivity contribution < 1.29 is 13.2 Å². The number of hydrogen-bond acceptors (Lipinski definition) is 6. The topological polar surface area (TPSA) is 70.6 Å². The monoisotopic (exact) mass is 463 g/mol. The molecule has 6 nitrogen and oxygen atoms in total. The van der Waals surface area contributed by atoms with Gasteiger partial charge in [0.1, 0.15) is 5.52 Å². The molecule has 0 aliphatic heterocycles. The lowest BCUT2D eigenvalue weighted by atomic mass is 10.2. The lowest BCUT2D eigenvalue weighted by molar-refractivity contribution is -0.114. The minimum atomic E-state index is -3.43. The molecular formula is C21H22ClN3O3S2. The van der Waals surface area contributed by atoms with E-state index in [9.17, 15) is 13.2 Å². The first-order valence-corrected chi connectivity index (χ1v) is 12.2. The van der Waals surface area contributed by atoms with Crippen molar-refractivity contribution >= 4 is 60.1 Å². The Kier molecular flexibility index (Phi) is 6.92. The predicted molar refractivity (Wildman–Crippen MR) is 124 cm³/mol. The van der Waals surface area contributed by atoms with Gasteiger partial charge in [0.15, 0.2) is 15.0 Å². The third kappa shape index (κ3) is 5.26. The van der Waals surface area contributed by atoms with Crippen LogP contribution in [0.4, 0.5) is 5.13 Å². The van der Waals surface area contributed by atoms with Gasteiger partial charge in [0.25, 0.3) is 5.91 Å². The van der Waals surface area contributed by atoms with E-state index in [1.807, 2.05) is 37.2 Å². The average molecular weight is 464 g/mol. The van der Waals surface area contributed by atoms with Gasteiger partial charge in [-0.05, 0) is 43.9 Å². The van der Waals surface area contributed by atoms with E-state index < -0.39 is 9.84 Å². The number of para-hydroxylation sites is 1. The SMILES string of the molecule is CN(C)CCN(C(=O)C=Cc1ccccc1Cl)c1nc2c(S(C)(=O)=O)cccc2s1. The number of carbonyl (C=O) groups is 1. The van der Waals surface area contributed by atoms with E-state index in [0.717, 1.165) is 11.8 Å². The van der Waals surface area contributed by atoms with Gasteiger partial charge in [-0.25, -0.2) is 13.4 Å². The minimum Gasteiger partial charge on any atom is -0.308 e. The van der Waals surface area contributed by atoms with Crippen LogP contribution < -0.4 is 4.90 Å². The normalized spacial score (nSPS) is 12.2. The van der Waals surface area contributed by atoms with E-state index in [-0.39, 0.29) is 10.8 Å². The highest BCUT2D eigenvalue weighted by atomic mass is 35.5. The molecule has 1 aromatic heterocycles. The fourth-order valence-corrected chi connectivity index (χ4v) is 4.91. The van der Waals surface area contributed by atoms with Crippen molar-refractivity contribution in [1.82, 2.24) is 9.88 Å². The van der Waals surface area contributed by atoms with Crippen molar-refractivity contribution in [2.24, 2.45) is 0 Å². The van der Waals surface area contributed by atoms with Crippen molar-refractivity contribution in [2.45, 2.75) is 4.90 Å². The lowest BCUT2D eigenvalue weighted by Gasteiger charge is -2.20. The molecule has 0 fully saturated rings. The summed E-state index contributed by atoms with van der Waals surface area (Å²) in [6.45, 7) is 1.03. The molecule has 0 aliphatic rings. The number of likely N-dealkylation sites (N-methyl/N-ethyl adjacent to an activating group) is 1. The highest BCUT2D eigenvalue weighted by Gasteiger charge is 2.21. The first kappa shape index (κ1) is 22.4. The van der Waals surface area contributed by atoms with Gasteiger partial charge in [0.05, 0.1) is 9.60 Å². The number of benzene rings is 2. The first-order valence-electron chi connectivity index (χ1n) is 9.15. The molecule has 30 heavy (non-hydrogen) atoms. The Morgan fingerprint density at radius 2 is 1.87 bits per heavy atom. The number of carbonyl (C=O) groups excluding carboxylic acids is 1. The van der Waals surface area contributed by atoms with Crippen LogP contribution in [0.1, 0.15) is 5.56 Å². The molecule has 0 aliphatic carbocycles. The summed E-state index contributed by atoms with van der Waals surface area (Å²) >= 11 is 7.46. The summed E-state index contributed by atoms with van der Waals surface area (Å²) in [6.07, 6.45) is 4.28. The lowest BCUT2D eigenvalue weighted by Crippen LogP contribution is -2.35. The number of halogens is 1. The highest BCUT2D eigenvalue weighted by Crippen LogP contribution is 2.32. The molecular weight excluding hydrogens is 442 g/mol. The molecule has 0 radical (unpaired) electrons. The summed E-state index contributed by atoms with van der Waals surface area (Å²) in [5, 5.41) is 1.01. The van der Waals surface area contributed by atoms with Gasteiger partial charge in [0.2, 0.25) is 0 Å². The molecule has 1 amide bonds. The van der Waals surface area contributed by atoms with Crippen LogP contribution >= 0.6 is 22.9 Å². The van der Waals surface area contributed by atoms with E-state index in [4.69, 9.17) is 11.6 Å². The Bertz CT molecular complexity index is 1200. The summed E-state index contributed by atoms with van der Waals surface area (Å²) in [7, 11) is 0.403. The second-order valence-corrected chi connectivity index (χ2v) is 10.4. The minimum absolute atomic E-state index is 0.161. The van der Waals surface area contributed by atoms with Gasteiger partial charge in [0, 0.05) is 30.4 Å². The zero-order valence-electron chi connectivity index (χ0n) is 16.9. The van der Waals surface area contributed by atoms with Crippen molar-refractivity contribution in [3.63, 3.8) is 0 Å². The highest BCUT2D eigenvalue weighted by molar-refractivity contribution is 7.91. The summed E-state index contributed by atoms with van der Waals surface area (Å²) < 4.78 is 25.0. The maximum absolute atomic E-state index is 13.0. The Morgan fingerprint density at radius 3 is 2.53 bits per heavy atom. The Morgan fingerprint density at radius 1 is 1.13 bits per heavy atom. The molecule has 158 valence electrons. The molecule has 0 saturated carbocycles. The number of anilines is 1. The summed E-state index contributed by atoms with van der Waals surface area (Å²) in [5.74, 6) is -0.253. The van der Waals surface area contributed by atoms with Crippen LogP contribution in [0, 0.1) is 0 Å².